The second-order valence-electron chi connectivity index (χ2n) is 10.8. The summed E-state index contributed by atoms with van der Waals surface area (Å²) in [6.45, 7) is 0.817. The number of hydrogen-bond acceptors (Lipinski definition) is 5. The van der Waals surface area contributed by atoms with Crippen molar-refractivity contribution >= 4 is 23.6 Å². The minimum absolute atomic E-state index is 0.0621. The quantitative estimate of drug-likeness (QED) is 0.473. The molecule has 2 unspecified atom stereocenters. The topological polar surface area (TPSA) is 90.0 Å². The van der Waals surface area contributed by atoms with Gasteiger partial charge >= 0.3 is 0 Å². The smallest absolute Gasteiger partial charge is 0.255 e. The number of amides is 4. The lowest BCUT2D eigenvalue weighted by molar-refractivity contribution is -0.136. The van der Waals surface area contributed by atoms with E-state index >= 15 is 0 Å². The average molecular weight is 555 g/mol. The first-order valence-electron chi connectivity index (χ1n) is 13.9. The number of benzene rings is 3. The molecule has 6 rings (SSSR count). The van der Waals surface area contributed by atoms with Crippen LogP contribution in [0.15, 0.2) is 78.9 Å². The standard InChI is InChI=1S/C32H31FN4O4/c33-18-25-20-35(29(21-7-3-1-4-8-21)22-9-5-2-6-10-22)15-16-36(25)31(40)23-11-12-26-24(17-23)19-37(32(26)41)27-13-14-28(38)34-30(27)39/h1-12,17,25,27,29H,13-16,18-20H2,(H,34,38,39). The number of carbonyl (C=O) groups excluding carboxylic acids is 4. The van der Waals surface area contributed by atoms with Gasteiger partial charge in [-0.1, -0.05) is 60.7 Å². The highest BCUT2D eigenvalue weighted by Gasteiger charge is 2.40. The molecule has 3 aliphatic rings. The molecule has 0 aliphatic carbocycles. The lowest BCUT2D eigenvalue weighted by Crippen LogP contribution is -2.56. The summed E-state index contributed by atoms with van der Waals surface area (Å²) in [5, 5.41) is 2.30. The maximum Gasteiger partial charge on any atom is 0.255 e. The molecule has 0 radical (unpaired) electrons. The lowest BCUT2D eigenvalue weighted by atomic mass is 9.95. The molecule has 2 atom stereocenters. The lowest BCUT2D eigenvalue weighted by Gasteiger charge is -2.44. The zero-order valence-electron chi connectivity index (χ0n) is 22.5. The fraction of sp³-hybridized carbons (Fsp3) is 0.312. The van der Waals surface area contributed by atoms with Gasteiger partial charge in [-0.3, -0.25) is 29.4 Å². The van der Waals surface area contributed by atoms with Crippen LogP contribution in [0.3, 0.4) is 0 Å². The Kier molecular flexibility index (Phi) is 7.36. The average Bonchev–Trinajstić information content (AvgIpc) is 3.33. The van der Waals surface area contributed by atoms with Gasteiger partial charge in [0, 0.05) is 43.7 Å². The number of piperazine rings is 1. The molecule has 0 bridgehead atoms. The molecular formula is C32H31FN4O4. The van der Waals surface area contributed by atoms with Crippen LogP contribution in [0.2, 0.25) is 0 Å². The number of halogens is 1. The zero-order chi connectivity index (χ0) is 28.5. The van der Waals surface area contributed by atoms with Crippen molar-refractivity contribution in [3.8, 4) is 0 Å². The molecule has 210 valence electrons. The van der Waals surface area contributed by atoms with E-state index in [0.29, 0.717) is 36.3 Å². The molecule has 3 aliphatic heterocycles. The zero-order valence-corrected chi connectivity index (χ0v) is 22.5. The Hall–Kier alpha value is -4.37. The van der Waals surface area contributed by atoms with Gasteiger partial charge < -0.3 is 9.80 Å². The number of nitrogens with zero attached hydrogens (tertiary/aromatic N) is 3. The van der Waals surface area contributed by atoms with Crippen molar-refractivity contribution in [1.29, 1.82) is 0 Å². The molecule has 4 amide bonds. The van der Waals surface area contributed by atoms with E-state index in [4.69, 9.17) is 0 Å². The number of carbonyl (C=O) groups is 4. The molecule has 3 aromatic carbocycles. The summed E-state index contributed by atoms with van der Waals surface area (Å²) in [7, 11) is 0. The first-order valence-corrected chi connectivity index (χ1v) is 13.9. The Morgan fingerprint density at radius 2 is 1.61 bits per heavy atom. The van der Waals surface area contributed by atoms with Crippen LogP contribution in [0.5, 0.6) is 0 Å². The molecule has 1 N–H and O–H groups in total. The number of piperidine rings is 1. The summed E-state index contributed by atoms with van der Waals surface area (Å²) in [6, 6.07) is 23.7. The van der Waals surface area contributed by atoms with Crippen LogP contribution in [0.25, 0.3) is 0 Å². The minimum Gasteiger partial charge on any atom is -0.330 e. The van der Waals surface area contributed by atoms with Crippen LogP contribution in [0, 0.1) is 0 Å². The molecule has 41 heavy (non-hydrogen) atoms. The highest BCUT2D eigenvalue weighted by molar-refractivity contribution is 6.06. The van der Waals surface area contributed by atoms with Crippen molar-refractivity contribution in [2.24, 2.45) is 0 Å². The van der Waals surface area contributed by atoms with Crippen molar-refractivity contribution in [3.63, 3.8) is 0 Å². The van der Waals surface area contributed by atoms with Crippen LogP contribution >= 0.6 is 0 Å². The molecular weight excluding hydrogens is 523 g/mol. The van der Waals surface area contributed by atoms with Crippen molar-refractivity contribution in [2.45, 2.75) is 37.5 Å². The van der Waals surface area contributed by atoms with E-state index in [2.05, 4.69) is 34.5 Å². The number of imide groups is 1. The van der Waals surface area contributed by atoms with E-state index in [1.165, 1.54) is 4.90 Å². The van der Waals surface area contributed by atoms with Gasteiger partial charge in [0.2, 0.25) is 11.8 Å². The predicted octanol–water partition coefficient (Wildman–Crippen LogP) is 3.33. The number of rotatable bonds is 6. The largest absolute Gasteiger partial charge is 0.330 e. The number of fused-ring (bicyclic) bond motifs is 1. The van der Waals surface area contributed by atoms with Crippen LogP contribution < -0.4 is 5.32 Å². The van der Waals surface area contributed by atoms with Crippen LogP contribution in [-0.4, -0.2) is 76.7 Å². The Bertz CT molecular complexity index is 1440. The van der Waals surface area contributed by atoms with Gasteiger partial charge in [-0.2, -0.15) is 0 Å². The van der Waals surface area contributed by atoms with Crippen molar-refractivity contribution in [1.82, 2.24) is 20.0 Å². The van der Waals surface area contributed by atoms with Crippen molar-refractivity contribution < 1.29 is 23.6 Å². The monoisotopic (exact) mass is 554 g/mol. The van der Waals surface area contributed by atoms with Gasteiger partial charge in [-0.25, -0.2) is 4.39 Å². The van der Waals surface area contributed by atoms with Crippen molar-refractivity contribution in [2.75, 3.05) is 26.3 Å². The van der Waals surface area contributed by atoms with Gasteiger partial charge in [0.1, 0.15) is 12.7 Å². The van der Waals surface area contributed by atoms with E-state index in [1.807, 2.05) is 36.4 Å². The van der Waals surface area contributed by atoms with E-state index < -0.39 is 24.7 Å². The second-order valence-corrected chi connectivity index (χ2v) is 10.8. The normalized spacial score (nSPS) is 21.3. The maximum atomic E-state index is 14.5. The summed E-state index contributed by atoms with van der Waals surface area (Å²) < 4.78 is 14.5. The molecule has 8 nitrogen and oxygen atoms in total. The first kappa shape index (κ1) is 26.8. The van der Waals surface area contributed by atoms with Gasteiger partial charge in [0.05, 0.1) is 12.1 Å². The fourth-order valence-corrected chi connectivity index (χ4v) is 6.27. The SMILES string of the molecule is O=C1CCC(N2Cc3cc(C(=O)N4CCN(C(c5ccccc5)c5ccccc5)CC4CF)ccc3C2=O)C(=O)N1. The van der Waals surface area contributed by atoms with E-state index in [0.717, 1.165) is 11.1 Å². The summed E-state index contributed by atoms with van der Waals surface area (Å²) >= 11 is 0. The molecule has 2 saturated heterocycles. The Morgan fingerprint density at radius 3 is 2.24 bits per heavy atom. The summed E-state index contributed by atoms with van der Waals surface area (Å²) in [5.41, 5.74) is 3.69. The van der Waals surface area contributed by atoms with Crippen LogP contribution in [-0.2, 0) is 16.1 Å². The maximum absolute atomic E-state index is 14.5. The Morgan fingerprint density at radius 1 is 0.927 bits per heavy atom. The fourth-order valence-electron chi connectivity index (χ4n) is 6.27. The molecule has 3 heterocycles. The van der Waals surface area contributed by atoms with Gasteiger partial charge in [0.15, 0.2) is 0 Å². The van der Waals surface area contributed by atoms with E-state index in [1.54, 1.807) is 23.1 Å². The van der Waals surface area contributed by atoms with Gasteiger partial charge in [-0.05, 0) is 41.3 Å². The van der Waals surface area contributed by atoms with E-state index in [-0.39, 0.29) is 43.1 Å². The number of hydrogen-bond donors (Lipinski definition) is 1. The highest BCUT2D eigenvalue weighted by Crippen LogP contribution is 2.32. The Labute approximate surface area is 237 Å². The third-order valence-corrected chi connectivity index (χ3v) is 8.32. The highest BCUT2D eigenvalue weighted by atomic mass is 19.1. The van der Waals surface area contributed by atoms with Gasteiger partial charge in [-0.15, -0.1) is 0 Å². The second kappa shape index (κ2) is 11.2. The van der Waals surface area contributed by atoms with Crippen LogP contribution in [0.1, 0.15) is 56.3 Å². The summed E-state index contributed by atoms with van der Waals surface area (Å²) in [6.07, 6.45) is 0.442. The first-order chi connectivity index (χ1) is 19.9. The molecule has 3 aromatic rings. The predicted molar refractivity (Wildman–Crippen MR) is 150 cm³/mol. The molecule has 9 heteroatoms. The molecule has 0 spiro atoms. The molecule has 2 fully saturated rings. The number of nitrogens with one attached hydrogen (secondary N) is 1. The summed E-state index contributed by atoms with van der Waals surface area (Å²) in [4.78, 5) is 55.9. The molecule has 0 aromatic heterocycles. The third kappa shape index (κ3) is 5.13. The van der Waals surface area contributed by atoms with Crippen LogP contribution in [0.4, 0.5) is 4.39 Å². The van der Waals surface area contributed by atoms with E-state index in [9.17, 15) is 23.6 Å². The third-order valence-electron chi connectivity index (χ3n) is 8.32. The minimum atomic E-state index is -0.724. The number of alkyl halides is 1. The molecule has 0 saturated carbocycles. The van der Waals surface area contributed by atoms with Gasteiger partial charge in [0.25, 0.3) is 11.8 Å². The summed E-state index contributed by atoms with van der Waals surface area (Å²) in [5.74, 6) is -1.40. The van der Waals surface area contributed by atoms with Crippen molar-refractivity contribution in [3.05, 3.63) is 107 Å². The Balaban J connectivity index is 1.20.